The average Bonchev–Trinajstić information content (AvgIpc) is 2.78. The highest BCUT2D eigenvalue weighted by molar-refractivity contribution is 7.89. The molecule has 0 aromatic heterocycles. The van der Waals surface area contributed by atoms with Crippen molar-refractivity contribution in [2.75, 3.05) is 13.1 Å². The number of carbonyl (C=O) groups is 2. The van der Waals surface area contributed by atoms with E-state index < -0.39 is 22.1 Å². The summed E-state index contributed by atoms with van der Waals surface area (Å²) in [5.74, 6) is 1.19. The molecule has 1 atom stereocenters. The summed E-state index contributed by atoms with van der Waals surface area (Å²) in [6.07, 6.45) is 8.72. The zero-order valence-corrected chi connectivity index (χ0v) is 21.0. The van der Waals surface area contributed by atoms with Gasteiger partial charge < -0.3 is 10.1 Å². The molecule has 5 fully saturated rings. The van der Waals surface area contributed by atoms with Crippen LogP contribution in [0.3, 0.4) is 0 Å². The van der Waals surface area contributed by atoms with Gasteiger partial charge in [-0.15, -0.1) is 0 Å². The molecule has 1 amide bonds. The fourth-order valence-electron chi connectivity index (χ4n) is 7.14. The van der Waals surface area contributed by atoms with Gasteiger partial charge in [-0.25, -0.2) is 13.2 Å². The van der Waals surface area contributed by atoms with E-state index in [9.17, 15) is 18.0 Å². The zero-order valence-electron chi connectivity index (χ0n) is 20.2. The Balaban J connectivity index is 1.26. The maximum Gasteiger partial charge on any atom is 0.339 e. The second kappa shape index (κ2) is 8.94. The third-order valence-corrected chi connectivity index (χ3v) is 10.4. The first-order valence-electron chi connectivity index (χ1n) is 12.8. The molecule has 1 aromatic rings. The van der Waals surface area contributed by atoms with Gasteiger partial charge in [0.1, 0.15) is 0 Å². The lowest BCUT2D eigenvalue weighted by Crippen LogP contribution is -2.61. The van der Waals surface area contributed by atoms with Crippen molar-refractivity contribution in [1.29, 1.82) is 0 Å². The second-order valence-electron chi connectivity index (χ2n) is 11.2. The fourth-order valence-corrected chi connectivity index (χ4v) is 8.68. The van der Waals surface area contributed by atoms with Crippen molar-refractivity contribution in [3.8, 4) is 0 Å². The highest BCUT2D eigenvalue weighted by Crippen LogP contribution is 2.55. The molecule has 0 radical (unpaired) electrons. The van der Waals surface area contributed by atoms with Crippen molar-refractivity contribution in [1.82, 2.24) is 9.62 Å². The summed E-state index contributed by atoms with van der Waals surface area (Å²) in [5.41, 5.74) is 0.661. The minimum absolute atomic E-state index is 0.0950. The Morgan fingerprint density at radius 2 is 1.62 bits per heavy atom. The van der Waals surface area contributed by atoms with Gasteiger partial charge in [-0.05, 0) is 101 Å². The molecule has 7 nitrogen and oxygen atoms in total. The van der Waals surface area contributed by atoms with Gasteiger partial charge >= 0.3 is 5.97 Å². The van der Waals surface area contributed by atoms with E-state index in [4.69, 9.17) is 4.74 Å². The average molecular weight is 489 g/mol. The monoisotopic (exact) mass is 488 g/mol. The Hall–Kier alpha value is -1.93. The van der Waals surface area contributed by atoms with E-state index in [1.165, 1.54) is 29.6 Å². The van der Waals surface area contributed by atoms with Gasteiger partial charge in [0.2, 0.25) is 10.0 Å². The summed E-state index contributed by atoms with van der Waals surface area (Å²) in [6, 6.07) is 4.57. The Morgan fingerprint density at radius 1 is 1.03 bits per heavy atom. The van der Waals surface area contributed by atoms with Gasteiger partial charge in [0.15, 0.2) is 6.10 Å². The van der Waals surface area contributed by atoms with Crippen molar-refractivity contribution in [3.05, 3.63) is 29.3 Å². The SMILES string of the molecule is Cc1ccc(S(=O)(=O)N2CCCCC2)cc1C(=O)O[C@H](C)C(=O)NC12CC3CC(CC(C3)C1)C2. The number of benzene rings is 1. The van der Waals surface area contributed by atoms with Gasteiger partial charge in [0, 0.05) is 18.6 Å². The first-order valence-corrected chi connectivity index (χ1v) is 14.2. The number of nitrogens with one attached hydrogen (secondary N) is 1. The molecule has 5 aliphatic rings. The number of ether oxygens (including phenoxy) is 1. The van der Waals surface area contributed by atoms with E-state index >= 15 is 0 Å². The molecular formula is C26H36N2O5S. The molecule has 186 valence electrons. The van der Waals surface area contributed by atoms with E-state index in [0.717, 1.165) is 38.5 Å². The number of carbonyl (C=O) groups excluding carboxylic acids is 2. The minimum Gasteiger partial charge on any atom is -0.449 e. The van der Waals surface area contributed by atoms with Gasteiger partial charge in [-0.3, -0.25) is 4.79 Å². The molecule has 1 aliphatic heterocycles. The topological polar surface area (TPSA) is 92.8 Å². The number of hydrogen-bond donors (Lipinski definition) is 1. The molecule has 4 bridgehead atoms. The predicted octanol–water partition coefficient (Wildman–Crippen LogP) is 3.80. The van der Waals surface area contributed by atoms with Crippen LogP contribution in [0.2, 0.25) is 0 Å². The summed E-state index contributed by atoms with van der Waals surface area (Å²) in [6.45, 7) is 4.33. The number of aryl methyl sites for hydroxylation is 1. The Kier molecular flexibility index (Phi) is 6.25. The van der Waals surface area contributed by atoms with Crippen molar-refractivity contribution in [3.63, 3.8) is 0 Å². The molecule has 1 aromatic carbocycles. The summed E-state index contributed by atoms with van der Waals surface area (Å²) in [4.78, 5) is 26.1. The lowest BCUT2D eigenvalue weighted by molar-refractivity contribution is -0.134. The fraction of sp³-hybridized carbons (Fsp3) is 0.692. The van der Waals surface area contributed by atoms with Crippen molar-refractivity contribution >= 4 is 21.9 Å². The smallest absolute Gasteiger partial charge is 0.339 e. The summed E-state index contributed by atoms with van der Waals surface area (Å²) in [7, 11) is -3.66. The standard InChI is InChI=1S/C26H36N2O5S/c1-17-6-7-22(34(31,32)28-8-4-3-5-9-28)13-23(17)25(30)33-18(2)24(29)27-26-14-19-10-20(15-26)12-21(11-19)16-26/h6-7,13,18-21H,3-5,8-12,14-16H2,1-2H3,(H,27,29)/t18-,19?,20?,21?,26?/m1/s1. The Morgan fingerprint density at radius 3 is 2.21 bits per heavy atom. The number of piperidine rings is 1. The van der Waals surface area contributed by atoms with Gasteiger partial charge in [0.25, 0.3) is 5.91 Å². The maximum atomic E-state index is 13.1. The maximum absolute atomic E-state index is 13.1. The van der Waals surface area contributed by atoms with E-state index in [0.29, 0.717) is 36.4 Å². The van der Waals surface area contributed by atoms with Crippen LogP contribution in [0.1, 0.15) is 80.6 Å². The number of sulfonamides is 1. The summed E-state index contributed by atoms with van der Waals surface area (Å²) in [5, 5.41) is 3.26. The molecule has 4 saturated carbocycles. The van der Waals surface area contributed by atoms with Crippen LogP contribution < -0.4 is 5.32 Å². The molecule has 8 heteroatoms. The van der Waals surface area contributed by atoms with Crippen LogP contribution >= 0.6 is 0 Å². The third kappa shape index (κ3) is 4.51. The van der Waals surface area contributed by atoms with Crippen molar-refractivity contribution < 1.29 is 22.7 Å². The first kappa shape index (κ1) is 23.8. The van der Waals surface area contributed by atoms with Gasteiger partial charge in [0.05, 0.1) is 10.5 Å². The van der Waals surface area contributed by atoms with Crippen LogP contribution in [0.5, 0.6) is 0 Å². The summed E-state index contributed by atoms with van der Waals surface area (Å²) < 4.78 is 33.2. The molecule has 0 spiro atoms. The lowest BCUT2D eigenvalue weighted by Gasteiger charge is -2.57. The summed E-state index contributed by atoms with van der Waals surface area (Å²) >= 11 is 0. The van der Waals surface area contributed by atoms with E-state index in [1.54, 1.807) is 26.0 Å². The first-order chi connectivity index (χ1) is 16.1. The molecule has 1 saturated heterocycles. The number of amides is 1. The molecule has 0 unspecified atom stereocenters. The largest absolute Gasteiger partial charge is 0.449 e. The predicted molar refractivity (Wildman–Crippen MR) is 128 cm³/mol. The third-order valence-electron chi connectivity index (χ3n) is 8.46. The minimum atomic E-state index is -3.66. The van der Waals surface area contributed by atoms with Crippen LogP contribution in [0, 0.1) is 24.7 Å². The number of esters is 1. The van der Waals surface area contributed by atoms with Crippen LogP contribution in [0.25, 0.3) is 0 Å². The van der Waals surface area contributed by atoms with E-state index in [2.05, 4.69) is 5.32 Å². The van der Waals surface area contributed by atoms with Crippen LogP contribution in [-0.4, -0.2) is 49.3 Å². The van der Waals surface area contributed by atoms with Crippen LogP contribution in [-0.2, 0) is 19.6 Å². The second-order valence-corrected chi connectivity index (χ2v) is 13.1. The van der Waals surface area contributed by atoms with E-state index in [-0.39, 0.29) is 21.9 Å². The lowest BCUT2D eigenvalue weighted by atomic mass is 9.53. The van der Waals surface area contributed by atoms with Crippen molar-refractivity contribution in [2.45, 2.75) is 88.2 Å². The molecule has 34 heavy (non-hydrogen) atoms. The molecular weight excluding hydrogens is 452 g/mol. The Labute approximate surface area is 202 Å². The number of rotatable bonds is 6. The number of nitrogens with zero attached hydrogens (tertiary/aromatic N) is 1. The molecule has 6 rings (SSSR count). The zero-order chi connectivity index (χ0) is 24.1. The number of hydrogen-bond acceptors (Lipinski definition) is 5. The molecule has 4 aliphatic carbocycles. The molecule has 1 heterocycles. The van der Waals surface area contributed by atoms with Gasteiger partial charge in [-0.1, -0.05) is 12.5 Å². The normalized spacial score (nSPS) is 31.8. The van der Waals surface area contributed by atoms with E-state index in [1.807, 2.05) is 0 Å². The van der Waals surface area contributed by atoms with Gasteiger partial charge in [-0.2, -0.15) is 4.31 Å². The Bertz CT molecular complexity index is 1040. The quantitative estimate of drug-likeness (QED) is 0.615. The highest BCUT2D eigenvalue weighted by Gasteiger charge is 2.51. The highest BCUT2D eigenvalue weighted by atomic mass is 32.2. The molecule has 1 N–H and O–H groups in total. The van der Waals surface area contributed by atoms with Crippen molar-refractivity contribution in [2.24, 2.45) is 17.8 Å². The van der Waals surface area contributed by atoms with Crippen LogP contribution in [0.4, 0.5) is 0 Å². The van der Waals surface area contributed by atoms with Crippen LogP contribution in [0.15, 0.2) is 23.1 Å².